The number of halogens is 1. The van der Waals surface area contributed by atoms with E-state index in [1.807, 2.05) is 6.07 Å². The minimum absolute atomic E-state index is 0.111. The van der Waals surface area contributed by atoms with Crippen LogP contribution >= 0.6 is 11.6 Å². The van der Waals surface area contributed by atoms with Crippen LogP contribution < -0.4 is 0 Å². The maximum atomic E-state index is 10.8. The number of carbonyl (C=O) groups excluding carboxylic acids is 1. The van der Waals surface area contributed by atoms with E-state index in [4.69, 9.17) is 17.1 Å². The Kier molecular flexibility index (Phi) is 3.73. The average molecular weight is 208 g/mol. The van der Waals surface area contributed by atoms with Gasteiger partial charge in [0.2, 0.25) is 0 Å². The number of allylic oxidation sites excluding steroid dienone is 1. The molecule has 14 heavy (non-hydrogen) atoms. The van der Waals surface area contributed by atoms with Gasteiger partial charge in [0.15, 0.2) is 0 Å². The predicted octanol–water partition coefficient (Wildman–Crippen LogP) is 3.10. The molecule has 0 aliphatic carbocycles. The molecular formula is C9H6ClN3O. The van der Waals surface area contributed by atoms with Crippen LogP contribution in [0.1, 0.15) is 5.56 Å². The van der Waals surface area contributed by atoms with Crippen LogP contribution in [0.2, 0.25) is 0 Å². The second-order valence-electron chi connectivity index (χ2n) is 2.40. The van der Waals surface area contributed by atoms with Crippen LogP contribution in [0, 0.1) is 0 Å². The summed E-state index contributed by atoms with van der Waals surface area (Å²) in [6, 6.07) is 8.99. The van der Waals surface area contributed by atoms with Gasteiger partial charge < -0.3 is 0 Å². The third kappa shape index (κ3) is 2.94. The maximum Gasteiger partial charge on any atom is 0.254 e. The molecule has 0 saturated carbocycles. The summed E-state index contributed by atoms with van der Waals surface area (Å²) in [5.41, 5.74) is 8.81. The van der Waals surface area contributed by atoms with E-state index in [-0.39, 0.29) is 5.70 Å². The molecule has 1 aromatic rings. The first-order valence-corrected chi connectivity index (χ1v) is 4.13. The van der Waals surface area contributed by atoms with Crippen molar-refractivity contribution in [1.29, 1.82) is 0 Å². The number of hydrogen-bond acceptors (Lipinski definition) is 2. The molecule has 0 heterocycles. The third-order valence-corrected chi connectivity index (χ3v) is 1.65. The molecule has 1 aromatic carbocycles. The second-order valence-corrected chi connectivity index (χ2v) is 2.75. The van der Waals surface area contributed by atoms with Crippen molar-refractivity contribution < 1.29 is 4.79 Å². The van der Waals surface area contributed by atoms with Crippen LogP contribution in [0.3, 0.4) is 0 Å². The van der Waals surface area contributed by atoms with Gasteiger partial charge in [0.05, 0.1) is 5.70 Å². The number of benzene rings is 1. The summed E-state index contributed by atoms with van der Waals surface area (Å²) in [6.07, 6.45) is 1.43. The summed E-state index contributed by atoms with van der Waals surface area (Å²) in [5.74, 6) is 0. The van der Waals surface area contributed by atoms with Crippen LogP contribution in [0.25, 0.3) is 16.5 Å². The number of hydrogen-bond donors (Lipinski definition) is 0. The van der Waals surface area contributed by atoms with Crippen molar-refractivity contribution in [2.45, 2.75) is 0 Å². The summed E-state index contributed by atoms with van der Waals surface area (Å²) >= 11 is 5.20. The average Bonchev–Trinajstić information content (AvgIpc) is 2.18. The van der Waals surface area contributed by atoms with E-state index in [1.54, 1.807) is 24.3 Å². The highest BCUT2D eigenvalue weighted by molar-refractivity contribution is 6.68. The Morgan fingerprint density at radius 1 is 1.43 bits per heavy atom. The minimum atomic E-state index is -0.772. The number of nitrogens with zero attached hydrogens (tertiary/aromatic N) is 3. The van der Waals surface area contributed by atoms with Crippen molar-refractivity contribution in [2.75, 3.05) is 0 Å². The van der Waals surface area contributed by atoms with Crippen molar-refractivity contribution >= 4 is 22.9 Å². The molecule has 0 aliphatic heterocycles. The Hall–Kier alpha value is -1.77. The van der Waals surface area contributed by atoms with E-state index in [0.29, 0.717) is 0 Å². The Labute approximate surface area is 85.4 Å². The summed E-state index contributed by atoms with van der Waals surface area (Å²) in [4.78, 5) is 13.3. The standard InChI is InChI=1S/C9H6ClN3O/c10-9(14)8(12-13-11)6-7-4-2-1-3-5-7/h1-6H. The van der Waals surface area contributed by atoms with Crippen LogP contribution in [0.5, 0.6) is 0 Å². The van der Waals surface area contributed by atoms with E-state index >= 15 is 0 Å². The largest absolute Gasteiger partial charge is 0.276 e. The lowest BCUT2D eigenvalue weighted by atomic mass is 10.2. The SMILES string of the molecule is [N-]=[N+]=NC(=Cc1ccccc1)C(=O)Cl. The molecule has 0 amide bonds. The zero-order chi connectivity index (χ0) is 10.4. The molecule has 0 bridgehead atoms. The van der Waals surface area contributed by atoms with Gasteiger partial charge in [-0.15, -0.1) is 0 Å². The normalized spacial score (nSPS) is 10.5. The molecule has 0 spiro atoms. The molecule has 5 heteroatoms. The van der Waals surface area contributed by atoms with Gasteiger partial charge in [-0.05, 0) is 28.8 Å². The fourth-order valence-corrected chi connectivity index (χ4v) is 0.973. The molecule has 0 atom stereocenters. The van der Waals surface area contributed by atoms with Crippen LogP contribution in [0.4, 0.5) is 0 Å². The number of azide groups is 1. The van der Waals surface area contributed by atoms with Crippen molar-refractivity contribution in [1.82, 2.24) is 0 Å². The molecule has 0 N–H and O–H groups in total. The minimum Gasteiger partial charge on any atom is -0.276 e. The monoisotopic (exact) mass is 207 g/mol. The summed E-state index contributed by atoms with van der Waals surface area (Å²) in [5, 5.41) is 2.41. The maximum absolute atomic E-state index is 10.8. The molecule has 0 fully saturated rings. The van der Waals surface area contributed by atoms with E-state index in [9.17, 15) is 4.79 Å². The van der Waals surface area contributed by atoms with Gasteiger partial charge in [-0.1, -0.05) is 35.4 Å². The molecule has 4 nitrogen and oxygen atoms in total. The van der Waals surface area contributed by atoms with Crippen molar-refractivity contribution in [2.24, 2.45) is 5.11 Å². The molecular weight excluding hydrogens is 202 g/mol. The van der Waals surface area contributed by atoms with Crippen molar-refractivity contribution in [3.8, 4) is 0 Å². The molecule has 0 radical (unpaired) electrons. The van der Waals surface area contributed by atoms with Gasteiger partial charge in [-0.25, -0.2) is 0 Å². The van der Waals surface area contributed by atoms with Gasteiger partial charge in [-0.3, -0.25) is 4.79 Å². The lowest BCUT2D eigenvalue weighted by molar-refractivity contribution is -0.108. The topological polar surface area (TPSA) is 65.8 Å². The van der Waals surface area contributed by atoms with E-state index in [0.717, 1.165) is 5.56 Å². The first kappa shape index (κ1) is 10.3. The summed E-state index contributed by atoms with van der Waals surface area (Å²) < 4.78 is 0. The number of carbonyl (C=O) groups is 1. The highest BCUT2D eigenvalue weighted by Crippen LogP contribution is 2.10. The summed E-state index contributed by atoms with van der Waals surface area (Å²) in [6.45, 7) is 0. The lowest BCUT2D eigenvalue weighted by Crippen LogP contribution is -1.88. The smallest absolute Gasteiger partial charge is 0.254 e. The van der Waals surface area contributed by atoms with Gasteiger partial charge in [0, 0.05) is 4.91 Å². The van der Waals surface area contributed by atoms with Crippen LogP contribution in [-0.4, -0.2) is 5.24 Å². The molecule has 0 aromatic heterocycles. The van der Waals surface area contributed by atoms with Crippen molar-refractivity contribution in [3.05, 3.63) is 52.0 Å². The quantitative estimate of drug-likeness (QED) is 0.247. The zero-order valence-electron chi connectivity index (χ0n) is 7.09. The Morgan fingerprint density at radius 3 is 2.57 bits per heavy atom. The highest BCUT2D eigenvalue weighted by Gasteiger charge is 2.02. The van der Waals surface area contributed by atoms with Gasteiger partial charge >= 0.3 is 0 Å². The number of rotatable bonds is 3. The first-order chi connectivity index (χ1) is 6.74. The van der Waals surface area contributed by atoms with Gasteiger partial charge in [-0.2, -0.15) is 0 Å². The Morgan fingerprint density at radius 2 is 2.07 bits per heavy atom. The lowest BCUT2D eigenvalue weighted by Gasteiger charge is -1.93. The third-order valence-electron chi connectivity index (χ3n) is 1.46. The fourth-order valence-electron chi connectivity index (χ4n) is 0.880. The van der Waals surface area contributed by atoms with Crippen LogP contribution in [-0.2, 0) is 4.79 Å². The van der Waals surface area contributed by atoms with Gasteiger partial charge in [0.1, 0.15) is 0 Å². The fraction of sp³-hybridized carbons (Fsp3) is 0. The van der Waals surface area contributed by atoms with Gasteiger partial charge in [0.25, 0.3) is 5.24 Å². The molecule has 0 saturated heterocycles. The molecule has 1 rings (SSSR count). The predicted molar refractivity (Wildman–Crippen MR) is 54.4 cm³/mol. The highest BCUT2D eigenvalue weighted by atomic mass is 35.5. The van der Waals surface area contributed by atoms with Crippen molar-refractivity contribution in [3.63, 3.8) is 0 Å². The van der Waals surface area contributed by atoms with Crippen LogP contribution in [0.15, 0.2) is 41.1 Å². The zero-order valence-corrected chi connectivity index (χ0v) is 7.85. The second kappa shape index (κ2) is 5.07. The first-order valence-electron chi connectivity index (χ1n) is 3.75. The van der Waals surface area contributed by atoms with E-state index < -0.39 is 5.24 Å². The summed E-state index contributed by atoms with van der Waals surface area (Å²) in [7, 11) is 0. The Bertz CT molecular complexity index is 403. The van der Waals surface area contributed by atoms with E-state index in [2.05, 4.69) is 10.0 Å². The molecule has 0 aliphatic rings. The molecule has 0 unspecified atom stereocenters. The van der Waals surface area contributed by atoms with E-state index in [1.165, 1.54) is 6.08 Å². The molecule has 70 valence electrons. The Balaban J connectivity index is 3.05.